The fraction of sp³-hybridized carbons (Fsp3) is 0.969. The third-order valence-electron chi connectivity index (χ3n) is 10.7. The molecule has 338 valence electrons. The second-order valence-corrected chi connectivity index (χ2v) is 14.7. The Morgan fingerprint density at radius 2 is 0.914 bits per heavy atom. The lowest BCUT2D eigenvalue weighted by atomic mass is 9.94. The second-order valence-electron chi connectivity index (χ2n) is 14.7. The van der Waals surface area contributed by atoms with Crippen molar-refractivity contribution in [1.29, 1.82) is 0 Å². The molecule has 0 unspecified atom stereocenters. The number of aliphatic hydroxyl groups is 15. The van der Waals surface area contributed by atoms with Crippen molar-refractivity contribution in [3.8, 4) is 0 Å². The number of hydrogen-bond acceptors (Lipinski definition) is 25. The SMILES string of the molecule is CC(=O)N[C@H]1[C@H](O[C@H]2[C@@H](O)[C@@H](CO)O[C@@H](O[C@H]3[C@H](O)[C@@H](O)[C@H](O)O[C@@H]3CO)[C@@H]2O)O[C@H](CO)[C@@H](O[C@@H]2O[C@H](CO)[C@H](O)[C@H](O)[C@H]2O[C@@H]2O[C@@H](C)[C@@H](O)[C@@H](O)[C@@H]2O)[C@@H]1O. The molecule has 0 aromatic rings. The Morgan fingerprint density at radius 1 is 0.448 bits per heavy atom. The highest BCUT2D eigenvalue weighted by Crippen LogP contribution is 2.36. The van der Waals surface area contributed by atoms with Gasteiger partial charge in [0.1, 0.15) is 116 Å². The fourth-order valence-corrected chi connectivity index (χ4v) is 7.36. The van der Waals surface area contributed by atoms with Crippen molar-refractivity contribution < 1.29 is 124 Å². The van der Waals surface area contributed by atoms with Gasteiger partial charge in [0.2, 0.25) is 5.91 Å². The van der Waals surface area contributed by atoms with Crippen LogP contribution >= 0.6 is 0 Å². The van der Waals surface area contributed by atoms with Crippen LogP contribution in [0.15, 0.2) is 0 Å². The van der Waals surface area contributed by atoms with E-state index in [-0.39, 0.29) is 0 Å². The Morgan fingerprint density at radius 3 is 1.52 bits per heavy atom. The predicted octanol–water partition coefficient (Wildman–Crippen LogP) is -10.8. The van der Waals surface area contributed by atoms with Crippen LogP contribution in [-0.2, 0) is 47.4 Å². The van der Waals surface area contributed by atoms with Gasteiger partial charge in [-0.3, -0.25) is 4.79 Å². The molecule has 26 nitrogen and oxygen atoms in total. The highest BCUT2D eigenvalue weighted by atomic mass is 16.8. The van der Waals surface area contributed by atoms with Gasteiger partial charge in [0.25, 0.3) is 0 Å². The average Bonchev–Trinajstić information content (AvgIpc) is 3.19. The summed E-state index contributed by atoms with van der Waals surface area (Å²) in [7, 11) is 0. The number of amides is 1. The lowest BCUT2D eigenvalue weighted by Gasteiger charge is -2.50. The van der Waals surface area contributed by atoms with Crippen molar-refractivity contribution in [2.45, 2.75) is 167 Å². The molecule has 5 rings (SSSR count). The highest BCUT2D eigenvalue weighted by molar-refractivity contribution is 5.73. The van der Waals surface area contributed by atoms with Crippen LogP contribution in [0.5, 0.6) is 0 Å². The van der Waals surface area contributed by atoms with Crippen LogP contribution in [0.2, 0.25) is 0 Å². The zero-order valence-corrected chi connectivity index (χ0v) is 31.1. The van der Waals surface area contributed by atoms with E-state index < -0.39 is 186 Å². The van der Waals surface area contributed by atoms with Gasteiger partial charge in [-0.1, -0.05) is 0 Å². The normalized spacial score (nSPS) is 51.6. The molecule has 26 heteroatoms. The Kier molecular flexibility index (Phi) is 16.5. The van der Waals surface area contributed by atoms with Crippen LogP contribution in [-0.4, -0.2) is 262 Å². The van der Waals surface area contributed by atoms with E-state index in [1.54, 1.807) is 0 Å². The molecule has 0 aromatic carbocycles. The maximum absolute atomic E-state index is 12.4. The highest BCUT2D eigenvalue weighted by Gasteiger charge is 2.57. The van der Waals surface area contributed by atoms with Gasteiger partial charge in [-0.25, -0.2) is 0 Å². The second kappa shape index (κ2) is 20.1. The largest absolute Gasteiger partial charge is 0.394 e. The third kappa shape index (κ3) is 9.75. The number of ether oxygens (including phenoxy) is 9. The first kappa shape index (κ1) is 47.6. The third-order valence-corrected chi connectivity index (χ3v) is 10.7. The summed E-state index contributed by atoms with van der Waals surface area (Å²) in [5.41, 5.74) is 0. The molecule has 5 saturated heterocycles. The molecule has 5 heterocycles. The predicted molar refractivity (Wildman–Crippen MR) is 177 cm³/mol. The molecule has 0 aliphatic carbocycles. The zero-order chi connectivity index (χ0) is 42.9. The first-order chi connectivity index (χ1) is 27.4. The molecule has 0 spiro atoms. The van der Waals surface area contributed by atoms with Gasteiger partial charge in [-0.05, 0) is 6.92 Å². The van der Waals surface area contributed by atoms with E-state index in [2.05, 4.69) is 5.32 Å². The van der Waals surface area contributed by atoms with Gasteiger partial charge in [-0.15, -0.1) is 0 Å². The van der Waals surface area contributed by atoms with Gasteiger partial charge in [0.15, 0.2) is 31.5 Å². The molecule has 25 atom stereocenters. The lowest BCUT2D eigenvalue weighted by Crippen LogP contribution is -2.70. The number of carbonyl (C=O) groups excluding carboxylic acids is 1. The summed E-state index contributed by atoms with van der Waals surface area (Å²) in [6.07, 6.45) is -43.0. The average molecular weight is 854 g/mol. The molecule has 0 aromatic heterocycles. The fourth-order valence-electron chi connectivity index (χ4n) is 7.36. The van der Waals surface area contributed by atoms with E-state index in [1.165, 1.54) is 6.92 Å². The number of rotatable bonds is 13. The van der Waals surface area contributed by atoms with Gasteiger partial charge >= 0.3 is 0 Å². The van der Waals surface area contributed by atoms with E-state index in [4.69, 9.17) is 42.6 Å². The summed E-state index contributed by atoms with van der Waals surface area (Å²) < 4.78 is 50.6. The molecule has 1 amide bonds. The zero-order valence-electron chi connectivity index (χ0n) is 31.1. The minimum absolute atomic E-state index is 0.806. The Labute approximate surface area is 329 Å². The molecule has 16 N–H and O–H groups in total. The van der Waals surface area contributed by atoms with Crippen molar-refractivity contribution >= 4 is 5.91 Å². The van der Waals surface area contributed by atoms with Crippen molar-refractivity contribution in [2.75, 3.05) is 26.4 Å². The lowest BCUT2D eigenvalue weighted by molar-refractivity contribution is -0.391. The van der Waals surface area contributed by atoms with Crippen molar-refractivity contribution in [2.24, 2.45) is 0 Å². The minimum atomic E-state index is -2.08. The van der Waals surface area contributed by atoms with Crippen LogP contribution in [0.1, 0.15) is 13.8 Å². The van der Waals surface area contributed by atoms with E-state index in [1.807, 2.05) is 0 Å². The van der Waals surface area contributed by atoms with E-state index in [9.17, 15) is 81.4 Å². The maximum atomic E-state index is 12.4. The summed E-state index contributed by atoms with van der Waals surface area (Å²) >= 11 is 0. The topological polar surface area (TPSA) is 416 Å². The molecule has 0 bridgehead atoms. The molecule has 5 aliphatic rings. The molecular weight excluding hydrogens is 798 g/mol. The van der Waals surface area contributed by atoms with Crippen molar-refractivity contribution in [3.05, 3.63) is 0 Å². The van der Waals surface area contributed by atoms with Gasteiger partial charge in [0, 0.05) is 6.92 Å². The summed E-state index contributed by atoms with van der Waals surface area (Å²) in [6, 6.07) is -1.71. The Bertz CT molecular complexity index is 1310. The quantitative estimate of drug-likeness (QED) is 0.0818. The molecule has 0 radical (unpaired) electrons. The van der Waals surface area contributed by atoms with Crippen LogP contribution in [0.25, 0.3) is 0 Å². The van der Waals surface area contributed by atoms with Crippen molar-refractivity contribution in [1.82, 2.24) is 5.32 Å². The van der Waals surface area contributed by atoms with Crippen molar-refractivity contribution in [3.63, 3.8) is 0 Å². The van der Waals surface area contributed by atoms with Crippen LogP contribution in [0, 0.1) is 0 Å². The number of aliphatic hydroxyl groups excluding tert-OH is 15. The first-order valence-corrected chi connectivity index (χ1v) is 18.5. The van der Waals surface area contributed by atoms with E-state index in [0.717, 1.165) is 6.92 Å². The Balaban J connectivity index is 1.38. The smallest absolute Gasteiger partial charge is 0.217 e. The number of hydrogen-bond donors (Lipinski definition) is 16. The standard InChI is InChI=1S/C32H55NO25/c1-7-14(39)18(43)22(47)30(50-7)58-27-19(44)15(40)9(3-34)53-32(27)56-24-12(6-37)54-29(13(17(24)42)33-8(2)38)57-26-16(41)10(4-35)52-31(23(26)48)55-25-11(5-36)51-28(49)21(46)20(25)45/h7,9-32,34-37,39-49H,3-6H2,1-2H3,(H,33,38)/t7-,9+,10+,11+,12+,13+,14+,15-,16-,17+,18+,19-,20+,21+,22-,23+,24+,25+,26-,27+,28+,29-,30-,31-,32-/m0/s1. The summed E-state index contributed by atoms with van der Waals surface area (Å²) in [6.45, 7) is -1.30. The minimum Gasteiger partial charge on any atom is -0.394 e. The molecule has 58 heavy (non-hydrogen) atoms. The molecule has 5 fully saturated rings. The Hall–Kier alpha value is -1.49. The number of nitrogens with one attached hydrogen (secondary N) is 1. The van der Waals surface area contributed by atoms with E-state index in [0.29, 0.717) is 0 Å². The molecule has 5 aliphatic heterocycles. The summed E-state index contributed by atoms with van der Waals surface area (Å²) in [5, 5.41) is 160. The molecule has 0 saturated carbocycles. The van der Waals surface area contributed by atoms with Gasteiger partial charge in [0.05, 0.1) is 32.5 Å². The van der Waals surface area contributed by atoms with Crippen LogP contribution in [0.3, 0.4) is 0 Å². The monoisotopic (exact) mass is 853 g/mol. The van der Waals surface area contributed by atoms with Gasteiger partial charge < -0.3 is 125 Å². The number of carbonyl (C=O) groups is 1. The maximum Gasteiger partial charge on any atom is 0.217 e. The summed E-state index contributed by atoms with van der Waals surface area (Å²) in [5.74, 6) is -0.806. The van der Waals surface area contributed by atoms with Crippen LogP contribution < -0.4 is 5.32 Å². The van der Waals surface area contributed by atoms with Gasteiger partial charge in [-0.2, -0.15) is 0 Å². The summed E-state index contributed by atoms with van der Waals surface area (Å²) in [4.78, 5) is 12.4. The molecular formula is C32H55NO25. The van der Waals surface area contributed by atoms with Crippen LogP contribution in [0.4, 0.5) is 0 Å². The first-order valence-electron chi connectivity index (χ1n) is 18.5. The van der Waals surface area contributed by atoms with E-state index >= 15 is 0 Å².